The van der Waals surface area contributed by atoms with Gasteiger partial charge in [0.25, 0.3) is 0 Å². The van der Waals surface area contributed by atoms with Crippen molar-refractivity contribution in [3.05, 3.63) is 0 Å². The maximum Gasteiger partial charge on any atom is 0.235 e. The van der Waals surface area contributed by atoms with Crippen molar-refractivity contribution in [1.82, 2.24) is 10.6 Å². The lowest BCUT2D eigenvalue weighted by Gasteiger charge is -2.30. The summed E-state index contributed by atoms with van der Waals surface area (Å²) < 4.78 is 0. The smallest absolute Gasteiger partial charge is 0.235 e. The molecule has 0 aliphatic heterocycles. The fourth-order valence-electron chi connectivity index (χ4n) is 1.65. The van der Waals surface area contributed by atoms with Crippen molar-refractivity contribution in [2.75, 3.05) is 13.2 Å². The average Bonchev–Trinajstić information content (AvgIpc) is 2.40. The zero-order valence-electron chi connectivity index (χ0n) is 13.9. The molecule has 0 aromatic carbocycles. The molecule has 2 amide bonds. The van der Waals surface area contributed by atoms with E-state index in [0.29, 0.717) is 0 Å². The van der Waals surface area contributed by atoms with E-state index >= 15 is 0 Å². The Morgan fingerprint density at radius 3 is 1.33 bits per heavy atom. The lowest BCUT2D eigenvalue weighted by atomic mass is 9.89. The van der Waals surface area contributed by atoms with E-state index in [9.17, 15) is 19.8 Å². The highest BCUT2D eigenvalue weighted by Crippen LogP contribution is 2.18. The molecule has 2 unspecified atom stereocenters. The van der Waals surface area contributed by atoms with Crippen molar-refractivity contribution in [2.45, 2.75) is 53.6 Å². The van der Waals surface area contributed by atoms with Gasteiger partial charge in [0.2, 0.25) is 11.8 Å². The second-order valence-electron chi connectivity index (χ2n) is 6.64. The minimum Gasteiger partial charge on any atom is -0.394 e. The molecule has 0 heterocycles. The molecule has 0 saturated heterocycles. The predicted octanol–water partition coefficient (Wildman–Crippen LogP) is 0.279. The summed E-state index contributed by atoms with van der Waals surface area (Å²) in [6.07, 6.45) is 0. The van der Waals surface area contributed by atoms with Gasteiger partial charge in [-0.15, -0.1) is 0 Å². The van der Waals surface area contributed by atoms with Gasteiger partial charge in [-0.1, -0.05) is 27.7 Å². The van der Waals surface area contributed by atoms with Gasteiger partial charge in [-0.05, 0) is 25.7 Å². The number of hydrogen-bond donors (Lipinski definition) is 4. The minimum atomic E-state index is -1.27. The second kappa shape index (κ2) is 8.34. The predicted molar refractivity (Wildman–Crippen MR) is 81.5 cm³/mol. The standard InChI is InChI=1S/C15H30N2O4/c1-9(2)11(7-18)16-13(20)15(5,6)14(21)17-12(8-19)10(3)4/h9-12,18-19H,7-8H2,1-6H3,(H,16,20)(H,17,21). The third kappa shape index (κ3) is 5.63. The molecule has 2 atom stereocenters. The van der Waals surface area contributed by atoms with Gasteiger partial charge in [0, 0.05) is 0 Å². The lowest BCUT2D eigenvalue weighted by Crippen LogP contribution is -2.55. The first kappa shape index (κ1) is 19.9. The van der Waals surface area contributed by atoms with Crippen LogP contribution in [0.15, 0.2) is 0 Å². The van der Waals surface area contributed by atoms with Crippen LogP contribution in [0.2, 0.25) is 0 Å². The Bertz CT molecular complexity index is 322. The van der Waals surface area contributed by atoms with Crippen molar-refractivity contribution >= 4 is 11.8 Å². The van der Waals surface area contributed by atoms with Gasteiger partial charge in [0.1, 0.15) is 5.41 Å². The maximum absolute atomic E-state index is 12.3. The van der Waals surface area contributed by atoms with Crippen molar-refractivity contribution in [2.24, 2.45) is 17.3 Å². The first-order chi connectivity index (χ1) is 9.57. The van der Waals surface area contributed by atoms with E-state index in [2.05, 4.69) is 10.6 Å². The van der Waals surface area contributed by atoms with Crippen LogP contribution >= 0.6 is 0 Å². The Morgan fingerprint density at radius 2 is 1.14 bits per heavy atom. The molecule has 0 spiro atoms. The number of aliphatic hydroxyl groups excluding tert-OH is 2. The van der Waals surface area contributed by atoms with Crippen LogP contribution in [-0.4, -0.2) is 47.3 Å². The van der Waals surface area contributed by atoms with Gasteiger partial charge in [-0.3, -0.25) is 9.59 Å². The van der Waals surface area contributed by atoms with E-state index < -0.39 is 17.2 Å². The van der Waals surface area contributed by atoms with E-state index in [1.807, 2.05) is 27.7 Å². The molecule has 0 aromatic rings. The monoisotopic (exact) mass is 302 g/mol. The molecule has 0 aromatic heterocycles. The molecule has 0 saturated carbocycles. The first-order valence-corrected chi connectivity index (χ1v) is 7.41. The second-order valence-corrected chi connectivity index (χ2v) is 6.64. The van der Waals surface area contributed by atoms with Crippen LogP contribution in [0.4, 0.5) is 0 Å². The Morgan fingerprint density at radius 1 is 0.857 bits per heavy atom. The average molecular weight is 302 g/mol. The molecule has 4 N–H and O–H groups in total. The fourth-order valence-corrected chi connectivity index (χ4v) is 1.65. The number of aliphatic hydroxyl groups is 2. The van der Waals surface area contributed by atoms with Gasteiger partial charge in [-0.25, -0.2) is 0 Å². The number of nitrogens with one attached hydrogen (secondary N) is 2. The summed E-state index contributed by atoms with van der Waals surface area (Å²) in [5, 5.41) is 23.9. The van der Waals surface area contributed by atoms with Gasteiger partial charge in [0.05, 0.1) is 25.3 Å². The van der Waals surface area contributed by atoms with Gasteiger partial charge >= 0.3 is 0 Å². The summed E-state index contributed by atoms with van der Waals surface area (Å²) >= 11 is 0. The topological polar surface area (TPSA) is 98.7 Å². The molecule has 0 aliphatic rings. The van der Waals surface area contributed by atoms with Crippen LogP contribution in [0, 0.1) is 17.3 Å². The molecule has 0 radical (unpaired) electrons. The highest BCUT2D eigenvalue weighted by atomic mass is 16.3. The highest BCUT2D eigenvalue weighted by molar-refractivity contribution is 6.04. The van der Waals surface area contributed by atoms with E-state index in [1.54, 1.807) is 0 Å². The van der Waals surface area contributed by atoms with Gasteiger partial charge < -0.3 is 20.8 Å². The number of carbonyl (C=O) groups is 2. The lowest BCUT2D eigenvalue weighted by molar-refractivity contribution is -0.143. The maximum atomic E-state index is 12.3. The molecule has 0 fully saturated rings. The summed E-state index contributed by atoms with van der Waals surface area (Å²) in [6, 6.07) is -0.772. The number of amides is 2. The number of rotatable bonds is 8. The Balaban J connectivity index is 4.85. The van der Waals surface area contributed by atoms with Crippen LogP contribution in [0.3, 0.4) is 0 Å². The van der Waals surface area contributed by atoms with Crippen LogP contribution < -0.4 is 10.6 Å². The van der Waals surface area contributed by atoms with Crippen LogP contribution in [0.1, 0.15) is 41.5 Å². The summed E-state index contributed by atoms with van der Waals surface area (Å²) in [7, 11) is 0. The molecular formula is C15H30N2O4. The van der Waals surface area contributed by atoms with Gasteiger partial charge in [-0.2, -0.15) is 0 Å². The van der Waals surface area contributed by atoms with E-state index in [1.165, 1.54) is 13.8 Å². The molecule has 0 aliphatic carbocycles. The van der Waals surface area contributed by atoms with E-state index in [0.717, 1.165) is 0 Å². The summed E-state index contributed by atoms with van der Waals surface area (Å²) in [6.45, 7) is 10.2. The third-order valence-corrected chi connectivity index (χ3v) is 3.77. The molecule has 0 rings (SSSR count). The van der Waals surface area contributed by atoms with Crippen molar-refractivity contribution in [3.8, 4) is 0 Å². The summed E-state index contributed by atoms with van der Waals surface area (Å²) in [4.78, 5) is 24.5. The van der Waals surface area contributed by atoms with Crippen LogP contribution in [0.25, 0.3) is 0 Å². The summed E-state index contributed by atoms with van der Waals surface area (Å²) in [5.74, 6) is -0.737. The van der Waals surface area contributed by atoms with Crippen LogP contribution in [0.5, 0.6) is 0 Å². The first-order valence-electron chi connectivity index (χ1n) is 7.41. The number of carbonyl (C=O) groups excluding carboxylic acids is 2. The van der Waals surface area contributed by atoms with E-state index in [-0.39, 0.29) is 37.1 Å². The summed E-state index contributed by atoms with van der Waals surface area (Å²) in [5.41, 5.74) is -1.27. The SMILES string of the molecule is CC(C)C(CO)NC(=O)C(C)(C)C(=O)NC(CO)C(C)C. The number of hydrogen-bond acceptors (Lipinski definition) is 4. The highest BCUT2D eigenvalue weighted by Gasteiger charge is 2.38. The van der Waals surface area contributed by atoms with Crippen molar-refractivity contribution in [3.63, 3.8) is 0 Å². The van der Waals surface area contributed by atoms with E-state index in [4.69, 9.17) is 0 Å². The quantitative estimate of drug-likeness (QED) is 0.484. The molecule has 6 heteroatoms. The Labute approximate surface area is 127 Å². The third-order valence-electron chi connectivity index (χ3n) is 3.77. The van der Waals surface area contributed by atoms with Gasteiger partial charge in [0.15, 0.2) is 0 Å². The molecular weight excluding hydrogens is 272 g/mol. The normalized spacial score (nSPS) is 15.0. The van der Waals surface area contributed by atoms with Crippen molar-refractivity contribution < 1.29 is 19.8 Å². The Kier molecular flexibility index (Phi) is 7.89. The molecule has 124 valence electrons. The largest absolute Gasteiger partial charge is 0.394 e. The molecule has 6 nitrogen and oxygen atoms in total. The zero-order valence-corrected chi connectivity index (χ0v) is 13.9. The van der Waals surface area contributed by atoms with Crippen LogP contribution in [-0.2, 0) is 9.59 Å². The van der Waals surface area contributed by atoms with Crippen molar-refractivity contribution in [1.29, 1.82) is 0 Å². The molecule has 0 bridgehead atoms. The minimum absolute atomic E-state index is 0.0682. The molecule has 21 heavy (non-hydrogen) atoms. The fraction of sp³-hybridized carbons (Fsp3) is 0.867. The Hall–Kier alpha value is -1.14. The zero-order chi connectivity index (χ0) is 16.8.